The van der Waals surface area contributed by atoms with Crippen LogP contribution in [0, 0.1) is 6.92 Å². The highest BCUT2D eigenvalue weighted by atomic mass is 16.5. The van der Waals surface area contributed by atoms with Gasteiger partial charge in [-0.05, 0) is 31.2 Å². The fraction of sp³-hybridized carbons (Fsp3) is 0.231. The molecule has 0 saturated heterocycles. The average Bonchev–Trinajstić information content (AvgIpc) is 2.80. The Hall–Kier alpha value is -2.50. The number of methoxy groups -OCH3 is 1. The van der Waals surface area contributed by atoms with Gasteiger partial charge in [0.2, 0.25) is 0 Å². The van der Waals surface area contributed by atoms with E-state index in [2.05, 4.69) is 15.0 Å². The van der Waals surface area contributed by atoms with E-state index in [1.807, 2.05) is 0 Å². The monoisotopic (exact) mass is 259 g/mol. The second kappa shape index (κ2) is 5.01. The summed E-state index contributed by atoms with van der Waals surface area (Å²) in [6.45, 7) is 3.21. The number of rotatable bonds is 3. The number of carbonyl (C=O) groups excluding carboxylic acids is 2. The van der Waals surface area contributed by atoms with Gasteiger partial charge in [0, 0.05) is 6.92 Å². The highest BCUT2D eigenvalue weighted by Crippen LogP contribution is 2.14. The van der Waals surface area contributed by atoms with Crippen LogP contribution in [0.15, 0.2) is 24.3 Å². The normalized spacial score (nSPS) is 10.3. The first kappa shape index (κ1) is 12.9. The second-order valence-corrected chi connectivity index (χ2v) is 4.03. The molecular formula is C13H13N3O3. The van der Waals surface area contributed by atoms with Gasteiger partial charge in [0.1, 0.15) is 0 Å². The van der Waals surface area contributed by atoms with Gasteiger partial charge >= 0.3 is 5.97 Å². The van der Waals surface area contributed by atoms with E-state index in [9.17, 15) is 9.59 Å². The van der Waals surface area contributed by atoms with Gasteiger partial charge in [-0.2, -0.15) is 0 Å². The summed E-state index contributed by atoms with van der Waals surface area (Å²) in [7, 11) is 1.33. The molecule has 1 heterocycles. The van der Waals surface area contributed by atoms with Crippen molar-refractivity contribution >= 4 is 11.8 Å². The van der Waals surface area contributed by atoms with E-state index < -0.39 is 5.97 Å². The summed E-state index contributed by atoms with van der Waals surface area (Å²) in [6, 6.07) is 6.71. The van der Waals surface area contributed by atoms with Crippen LogP contribution < -0.4 is 0 Å². The van der Waals surface area contributed by atoms with Crippen LogP contribution in [0.1, 0.15) is 33.5 Å². The lowest BCUT2D eigenvalue weighted by molar-refractivity contribution is 0.0600. The van der Waals surface area contributed by atoms with E-state index in [1.54, 1.807) is 35.9 Å². The van der Waals surface area contributed by atoms with Gasteiger partial charge in [0.25, 0.3) is 0 Å². The minimum atomic E-state index is -0.397. The molecule has 2 rings (SSSR count). The van der Waals surface area contributed by atoms with Crippen molar-refractivity contribution < 1.29 is 14.3 Å². The lowest BCUT2D eigenvalue weighted by Crippen LogP contribution is -2.04. The Balaban J connectivity index is 2.38. The maximum Gasteiger partial charge on any atom is 0.337 e. The van der Waals surface area contributed by atoms with E-state index in [0.29, 0.717) is 17.0 Å². The molecule has 0 unspecified atom stereocenters. The zero-order chi connectivity index (χ0) is 14.0. The molecule has 0 fully saturated rings. The quantitative estimate of drug-likeness (QED) is 0.617. The highest BCUT2D eigenvalue weighted by Gasteiger charge is 2.14. The Bertz CT molecular complexity index is 629. The minimum absolute atomic E-state index is 0.130. The first-order valence-electron chi connectivity index (χ1n) is 5.66. The number of Topliss-reactive ketones (excluding diaryl/α,β-unsaturated/α-hetero) is 1. The Labute approximate surface area is 110 Å². The standard InChI is InChI=1S/C13H13N3O3/c1-8-12(9(2)17)14-15-16(8)11-6-4-10(5-7-11)13(18)19-3/h4-7H,1-3H3. The summed E-state index contributed by atoms with van der Waals surface area (Å²) in [5.41, 5.74) is 2.19. The van der Waals surface area contributed by atoms with Gasteiger partial charge < -0.3 is 4.74 Å². The van der Waals surface area contributed by atoms with Crippen molar-refractivity contribution in [1.29, 1.82) is 0 Å². The topological polar surface area (TPSA) is 74.1 Å². The molecule has 0 aliphatic rings. The number of hydrogen-bond acceptors (Lipinski definition) is 5. The molecule has 6 heteroatoms. The summed E-state index contributed by atoms with van der Waals surface area (Å²) in [5.74, 6) is -0.527. The smallest absolute Gasteiger partial charge is 0.337 e. The number of nitrogens with zero attached hydrogens (tertiary/aromatic N) is 3. The molecule has 1 aromatic carbocycles. The maximum absolute atomic E-state index is 11.3. The van der Waals surface area contributed by atoms with Crippen molar-refractivity contribution in [3.8, 4) is 5.69 Å². The summed E-state index contributed by atoms with van der Waals surface area (Å²) in [4.78, 5) is 22.6. The fourth-order valence-electron chi connectivity index (χ4n) is 1.76. The fourth-order valence-corrected chi connectivity index (χ4v) is 1.76. The molecule has 0 aliphatic heterocycles. The first-order valence-corrected chi connectivity index (χ1v) is 5.66. The Morgan fingerprint density at radius 2 is 1.84 bits per heavy atom. The summed E-state index contributed by atoms with van der Waals surface area (Å²) >= 11 is 0. The lowest BCUT2D eigenvalue weighted by atomic mass is 10.2. The third-order valence-electron chi connectivity index (χ3n) is 2.76. The van der Waals surface area contributed by atoms with Crippen LogP contribution in [0.3, 0.4) is 0 Å². The van der Waals surface area contributed by atoms with Gasteiger partial charge in [-0.25, -0.2) is 9.48 Å². The van der Waals surface area contributed by atoms with Crippen LogP contribution >= 0.6 is 0 Å². The molecule has 0 amide bonds. The number of esters is 1. The predicted molar refractivity (Wildman–Crippen MR) is 67.4 cm³/mol. The minimum Gasteiger partial charge on any atom is -0.465 e. The van der Waals surface area contributed by atoms with Crippen molar-refractivity contribution in [2.75, 3.05) is 7.11 Å². The molecule has 0 N–H and O–H groups in total. The molecule has 0 aliphatic carbocycles. The number of benzene rings is 1. The van der Waals surface area contributed by atoms with Gasteiger partial charge in [0.15, 0.2) is 11.5 Å². The van der Waals surface area contributed by atoms with Crippen molar-refractivity contribution in [3.63, 3.8) is 0 Å². The largest absolute Gasteiger partial charge is 0.465 e. The van der Waals surface area contributed by atoms with E-state index in [4.69, 9.17) is 0 Å². The third kappa shape index (κ3) is 2.37. The van der Waals surface area contributed by atoms with Crippen molar-refractivity contribution in [1.82, 2.24) is 15.0 Å². The molecule has 6 nitrogen and oxygen atoms in total. The molecule has 0 radical (unpaired) electrons. The SMILES string of the molecule is COC(=O)c1ccc(-n2nnc(C(C)=O)c2C)cc1. The van der Waals surface area contributed by atoms with Gasteiger partial charge in [-0.15, -0.1) is 5.10 Å². The molecule has 0 atom stereocenters. The Morgan fingerprint density at radius 1 is 1.21 bits per heavy atom. The molecule has 0 saturated carbocycles. The predicted octanol–water partition coefficient (Wildman–Crippen LogP) is 1.56. The van der Waals surface area contributed by atoms with Gasteiger partial charge in [-0.3, -0.25) is 4.79 Å². The number of aromatic nitrogens is 3. The number of carbonyl (C=O) groups is 2. The molecule has 0 spiro atoms. The van der Waals surface area contributed by atoms with E-state index in [-0.39, 0.29) is 5.78 Å². The maximum atomic E-state index is 11.3. The zero-order valence-corrected chi connectivity index (χ0v) is 10.9. The van der Waals surface area contributed by atoms with Crippen LogP contribution in [0.4, 0.5) is 0 Å². The molecule has 2 aromatic rings. The van der Waals surface area contributed by atoms with Crippen LogP contribution in [0.5, 0.6) is 0 Å². The molecular weight excluding hydrogens is 246 g/mol. The molecule has 1 aromatic heterocycles. The summed E-state index contributed by atoms with van der Waals surface area (Å²) < 4.78 is 6.18. The Kier molecular flexibility index (Phi) is 3.41. The van der Waals surface area contributed by atoms with Crippen LogP contribution in [0.25, 0.3) is 5.69 Å². The number of hydrogen-bond donors (Lipinski definition) is 0. The number of ether oxygens (including phenoxy) is 1. The Morgan fingerprint density at radius 3 is 2.32 bits per heavy atom. The second-order valence-electron chi connectivity index (χ2n) is 4.03. The van der Waals surface area contributed by atoms with E-state index >= 15 is 0 Å². The molecule has 98 valence electrons. The average molecular weight is 259 g/mol. The van der Waals surface area contributed by atoms with Crippen molar-refractivity contribution in [2.24, 2.45) is 0 Å². The summed E-state index contributed by atoms with van der Waals surface area (Å²) in [5, 5.41) is 7.77. The lowest BCUT2D eigenvalue weighted by Gasteiger charge is -2.04. The van der Waals surface area contributed by atoms with Crippen LogP contribution in [-0.4, -0.2) is 33.9 Å². The van der Waals surface area contributed by atoms with E-state index in [0.717, 1.165) is 5.69 Å². The summed E-state index contributed by atoms with van der Waals surface area (Å²) in [6.07, 6.45) is 0. The zero-order valence-electron chi connectivity index (χ0n) is 10.9. The molecule has 0 bridgehead atoms. The van der Waals surface area contributed by atoms with Crippen molar-refractivity contribution in [2.45, 2.75) is 13.8 Å². The van der Waals surface area contributed by atoms with Gasteiger partial charge in [0.05, 0.1) is 24.1 Å². The third-order valence-corrected chi connectivity index (χ3v) is 2.76. The first-order chi connectivity index (χ1) is 9.04. The van der Waals surface area contributed by atoms with Gasteiger partial charge in [-0.1, -0.05) is 5.21 Å². The highest BCUT2D eigenvalue weighted by molar-refractivity contribution is 5.93. The number of ketones is 1. The van der Waals surface area contributed by atoms with Crippen molar-refractivity contribution in [3.05, 3.63) is 41.2 Å². The van der Waals surface area contributed by atoms with Crippen LogP contribution in [0.2, 0.25) is 0 Å². The van der Waals surface area contributed by atoms with E-state index in [1.165, 1.54) is 14.0 Å². The molecule has 19 heavy (non-hydrogen) atoms. The van der Waals surface area contributed by atoms with Crippen LogP contribution in [-0.2, 0) is 4.74 Å².